The van der Waals surface area contributed by atoms with Gasteiger partial charge in [0.1, 0.15) is 11.6 Å². The van der Waals surface area contributed by atoms with Crippen molar-refractivity contribution in [3.05, 3.63) is 0 Å². The lowest BCUT2D eigenvalue weighted by atomic mass is 9.96. The second-order valence-electron chi connectivity index (χ2n) is 5.72. The van der Waals surface area contributed by atoms with Gasteiger partial charge in [-0.15, -0.1) is 11.8 Å². The molecule has 3 N–H and O–H groups in total. The molecule has 0 fully saturated rings. The fourth-order valence-corrected chi connectivity index (χ4v) is 1.55. The van der Waals surface area contributed by atoms with Crippen molar-refractivity contribution in [1.82, 2.24) is 5.32 Å². The number of amides is 1. The summed E-state index contributed by atoms with van der Waals surface area (Å²) in [6.45, 7) is 6.75. The Morgan fingerprint density at radius 2 is 1.73 bits per heavy atom. The van der Waals surface area contributed by atoms with Gasteiger partial charge in [0.05, 0.1) is 5.92 Å². The van der Waals surface area contributed by atoms with E-state index in [1.54, 1.807) is 20.8 Å². The molecule has 0 bridgehead atoms. The Hall–Kier alpha value is -2.23. The molecule has 0 radical (unpaired) electrons. The van der Waals surface area contributed by atoms with Gasteiger partial charge in [-0.1, -0.05) is 6.92 Å². The number of hydrogen-bond donors (Lipinski definition) is 3. The van der Waals surface area contributed by atoms with Crippen LogP contribution in [-0.4, -0.2) is 39.9 Å². The molecule has 0 saturated heterocycles. The van der Waals surface area contributed by atoms with Gasteiger partial charge in [0.2, 0.25) is 0 Å². The number of nitrogens with one attached hydrogen (secondary N) is 1. The first-order chi connectivity index (χ1) is 10.1. The van der Waals surface area contributed by atoms with E-state index in [0.29, 0.717) is 6.42 Å². The van der Waals surface area contributed by atoms with Crippen molar-refractivity contribution in [2.45, 2.75) is 58.6 Å². The van der Waals surface area contributed by atoms with Gasteiger partial charge in [0, 0.05) is 12.8 Å². The highest BCUT2D eigenvalue weighted by Crippen LogP contribution is 2.13. The quantitative estimate of drug-likeness (QED) is 0.645. The Bertz CT molecular complexity index is 469. The van der Waals surface area contributed by atoms with Crippen molar-refractivity contribution < 1.29 is 29.3 Å². The molecule has 124 valence electrons. The molecule has 22 heavy (non-hydrogen) atoms. The number of carbonyl (C=O) groups excluding carboxylic acids is 1. The van der Waals surface area contributed by atoms with Crippen LogP contribution in [0.25, 0.3) is 0 Å². The SMILES string of the molecule is CCC#CC[C@H](C[C@H](NC(=O)OC(C)(C)C)C(=O)O)C(=O)O. The van der Waals surface area contributed by atoms with Crippen molar-refractivity contribution in [3.63, 3.8) is 0 Å². The highest BCUT2D eigenvalue weighted by molar-refractivity contribution is 5.81. The molecule has 0 saturated carbocycles. The second-order valence-corrected chi connectivity index (χ2v) is 5.72. The molecule has 0 aliphatic rings. The molecular formula is C15H23NO6. The molecule has 0 aromatic carbocycles. The minimum atomic E-state index is -1.35. The lowest BCUT2D eigenvalue weighted by Gasteiger charge is -2.23. The summed E-state index contributed by atoms with van der Waals surface area (Å²) in [5.74, 6) is 1.97. The monoisotopic (exact) mass is 313 g/mol. The molecule has 0 unspecified atom stereocenters. The number of alkyl carbamates (subject to hydrolysis) is 1. The van der Waals surface area contributed by atoms with Crippen LogP contribution in [-0.2, 0) is 14.3 Å². The third-order valence-electron chi connectivity index (χ3n) is 2.51. The number of hydrogen-bond acceptors (Lipinski definition) is 4. The summed E-state index contributed by atoms with van der Waals surface area (Å²) < 4.78 is 4.97. The summed E-state index contributed by atoms with van der Waals surface area (Å²) in [6.07, 6.45) is -0.542. The Kier molecular flexibility index (Phi) is 8.02. The van der Waals surface area contributed by atoms with Gasteiger partial charge < -0.3 is 20.3 Å². The van der Waals surface area contributed by atoms with E-state index in [1.165, 1.54) is 0 Å². The minimum absolute atomic E-state index is 0.0307. The Morgan fingerprint density at radius 1 is 1.14 bits per heavy atom. The lowest BCUT2D eigenvalue weighted by Crippen LogP contribution is -2.45. The second kappa shape index (κ2) is 8.93. The topological polar surface area (TPSA) is 113 Å². The van der Waals surface area contributed by atoms with Gasteiger partial charge in [0.15, 0.2) is 0 Å². The van der Waals surface area contributed by atoms with E-state index in [2.05, 4.69) is 17.2 Å². The average molecular weight is 313 g/mol. The summed E-state index contributed by atoms with van der Waals surface area (Å²) in [7, 11) is 0. The maximum absolute atomic E-state index is 11.6. The maximum atomic E-state index is 11.6. The van der Waals surface area contributed by atoms with Crippen LogP contribution in [0.1, 0.15) is 47.0 Å². The lowest BCUT2D eigenvalue weighted by molar-refractivity contribution is -0.144. The van der Waals surface area contributed by atoms with Gasteiger partial charge in [-0.3, -0.25) is 4.79 Å². The van der Waals surface area contributed by atoms with E-state index in [4.69, 9.17) is 14.9 Å². The van der Waals surface area contributed by atoms with Crippen molar-refractivity contribution in [2.24, 2.45) is 5.92 Å². The number of carboxylic acids is 2. The minimum Gasteiger partial charge on any atom is -0.481 e. The zero-order chi connectivity index (χ0) is 17.3. The molecule has 0 rings (SSSR count). The molecule has 0 aliphatic carbocycles. The summed E-state index contributed by atoms with van der Waals surface area (Å²) in [5.41, 5.74) is -0.772. The van der Waals surface area contributed by atoms with Crippen LogP contribution in [0.4, 0.5) is 4.79 Å². The van der Waals surface area contributed by atoms with Gasteiger partial charge in [-0.2, -0.15) is 0 Å². The van der Waals surface area contributed by atoms with E-state index in [-0.39, 0.29) is 12.8 Å². The maximum Gasteiger partial charge on any atom is 0.408 e. The molecule has 0 aromatic heterocycles. The zero-order valence-corrected chi connectivity index (χ0v) is 13.3. The van der Waals surface area contributed by atoms with Crippen LogP contribution < -0.4 is 5.32 Å². The smallest absolute Gasteiger partial charge is 0.408 e. The van der Waals surface area contributed by atoms with Crippen LogP contribution in [0.15, 0.2) is 0 Å². The van der Waals surface area contributed by atoms with E-state index < -0.39 is 35.6 Å². The van der Waals surface area contributed by atoms with Gasteiger partial charge in [0.25, 0.3) is 0 Å². The molecule has 2 atom stereocenters. The van der Waals surface area contributed by atoms with Gasteiger partial charge >= 0.3 is 18.0 Å². The number of carboxylic acid groups (broad SMARTS) is 2. The van der Waals surface area contributed by atoms with Crippen LogP contribution in [0, 0.1) is 17.8 Å². The van der Waals surface area contributed by atoms with E-state index in [1.807, 2.05) is 6.92 Å². The highest BCUT2D eigenvalue weighted by atomic mass is 16.6. The molecule has 0 aliphatic heterocycles. The Morgan fingerprint density at radius 3 is 2.14 bits per heavy atom. The van der Waals surface area contributed by atoms with Gasteiger partial charge in [-0.25, -0.2) is 9.59 Å². The normalized spacial score (nSPS) is 13.3. The van der Waals surface area contributed by atoms with E-state index in [0.717, 1.165) is 0 Å². The predicted octanol–water partition coefficient (Wildman–Crippen LogP) is 1.86. The van der Waals surface area contributed by atoms with Gasteiger partial charge in [-0.05, 0) is 27.2 Å². The fourth-order valence-electron chi connectivity index (χ4n) is 1.55. The molecule has 0 spiro atoms. The zero-order valence-electron chi connectivity index (χ0n) is 13.3. The van der Waals surface area contributed by atoms with Crippen LogP contribution >= 0.6 is 0 Å². The standard InChI is InChI=1S/C15H23NO6/c1-5-6-7-8-10(12(17)18)9-11(13(19)20)16-14(21)22-15(2,3)4/h10-11H,5,8-9H2,1-4H3,(H,16,21)(H,17,18)(H,19,20)/t10-,11+/m1/s1. The summed E-state index contributed by atoms with van der Waals surface area (Å²) in [5, 5.41) is 20.4. The first kappa shape index (κ1) is 19.8. The molecule has 0 aromatic rings. The third kappa shape index (κ3) is 8.84. The molecule has 0 heterocycles. The van der Waals surface area contributed by atoms with E-state index >= 15 is 0 Å². The number of ether oxygens (including phenoxy) is 1. The Balaban J connectivity index is 4.82. The number of rotatable bonds is 6. The molecule has 7 nitrogen and oxygen atoms in total. The molecular weight excluding hydrogens is 290 g/mol. The highest BCUT2D eigenvalue weighted by Gasteiger charge is 2.29. The van der Waals surface area contributed by atoms with Crippen molar-refractivity contribution in [3.8, 4) is 11.8 Å². The summed E-state index contributed by atoms with van der Waals surface area (Å²) in [6, 6.07) is -1.35. The number of aliphatic carboxylic acids is 2. The Labute approximate surface area is 130 Å². The van der Waals surface area contributed by atoms with E-state index in [9.17, 15) is 14.4 Å². The largest absolute Gasteiger partial charge is 0.481 e. The average Bonchev–Trinajstić information content (AvgIpc) is 2.33. The van der Waals surface area contributed by atoms with Crippen molar-refractivity contribution in [1.29, 1.82) is 0 Å². The first-order valence-electron chi connectivity index (χ1n) is 6.97. The van der Waals surface area contributed by atoms with Crippen molar-refractivity contribution in [2.75, 3.05) is 0 Å². The predicted molar refractivity (Wildman–Crippen MR) is 79.2 cm³/mol. The van der Waals surface area contributed by atoms with Crippen LogP contribution in [0.5, 0.6) is 0 Å². The molecule has 7 heteroatoms. The summed E-state index contributed by atoms with van der Waals surface area (Å²) >= 11 is 0. The van der Waals surface area contributed by atoms with Crippen LogP contribution in [0.3, 0.4) is 0 Å². The summed E-state index contributed by atoms with van der Waals surface area (Å²) in [4.78, 5) is 34.0. The van der Waals surface area contributed by atoms with Crippen LogP contribution in [0.2, 0.25) is 0 Å². The third-order valence-corrected chi connectivity index (χ3v) is 2.51. The number of carbonyl (C=O) groups is 3. The first-order valence-corrected chi connectivity index (χ1v) is 6.97. The molecule has 1 amide bonds. The van der Waals surface area contributed by atoms with Crippen molar-refractivity contribution >= 4 is 18.0 Å². The fraction of sp³-hybridized carbons (Fsp3) is 0.667.